The number of Topliss-reactive ketones (excluding diaryl/α,β-unsaturated/α-hetero) is 1. The lowest BCUT2D eigenvalue weighted by molar-refractivity contribution is -0.144. The maximum absolute atomic E-state index is 14.3. The van der Waals surface area contributed by atoms with Gasteiger partial charge in [0.25, 0.3) is 16.1 Å². The molecule has 1 saturated heterocycles. The van der Waals surface area contributed by atoms with Crippen molar-refractivity contribution in [1.82, 2.24) is 34.8 Å². The fourth-order valence-electron chi connectivity index (χ4n) is 5.57. The van der Waals surface area contributed by atoms with Crippen LogP contribution in [0.1, 0.15) is 81.6 Å². The number of rotatable bonds is 15. The Morgan fingerprint density at radius 2 is 1.54 bits per heavy atom. The Labute approximate surface area is 288 Å². The Balaban J connectivity index is 3.38. The monoisotopic (exact) mass is 697 g/mol. The summed E-state index contributed by atoms with van der Waals surface area (Å²) >= 11 is 0. The second kappa shape index (κ2) is 17.4. The number of likely N-dealkylation sites (N-methyl/N-ethyl adjacent to an activating group) is 2. The van der Waals surface area contributed by atoms with Crippen molar-refractivity contribution in [3.05, 3.63) is 0 Å². The van der Waals surface area contributed by atoms with Gasteiger partial charge in [-0.25, -0.2) is 4.79 Å². The number of urea groups is 1. The van der Waals surface area contributed by atoms with Gasteiger partial charge in [-0.05, 0) is 42.4 Å². The van der Waals surface area contributed by atoms with Crippen LogP contribution in [0.3, 0.4) is 0 Å². The van der Waals surface area contributed by atoms with Crippen molar-refractivity contribution in [1.29, 1.82) is 0 Å². The first-order valence-corrected chi connectivity index (χ1v) is 17.9. The quantitative estimate of drug-likeness (QED) is 0.147. The molecule has 1 heterocycles. The van der Waals surface area contributed by atoms with Crippen molar-refractivity contribution < 1.29 is 32.4 Å². The maximum atomic E-state index is 14.3. The fraction of sp³-hybridized carbons (Fsp3) is 0.788. The second-order valence-corrected chi connectivity index (χ2v) is 17.4. The molecule has 0 aromatic carbocycles. The van der Waals surface area contributed by atoms with E-state index in [2.05, 4.69) is 27.2 Å². The molecule has 1 unspecified atom stereocenters. The van der Waals surface area contributed by atoms with Crippen molar-refractivity contribution in [3.63, 3.8) is 0 Å². The molecule has 0 aliphatic carbocycles. The molecule has 5 amide bonds. The number of hydrogen-bond acceptors (Lipinski definition) is 7. The third-order valence-corrected chi connectivity index (χ3v) is 10.5. The summed E-state index contributed by atoms with van der Waals surface area (Å²) in [6.45, 7) is 17.0. The Morgan fingerprint density at radius 3 is 2.00 bits per heavy atom. The van der Waals surface area contributed by atoms with Crippen molar-refractivity contribution in [2.24, 2.45) is 22.7 Å². The molecule has 274 valence electrons. The van der Waals surface area contributed by atoms with E-state index in [1.54, 1.807) is 27.7 Å². The Bertz CT molecular complexity index is 1310. The zero-order valence-corrected chi connectivity index (χ0v) is 31.7. The van der Waals surface area contributed by atoms with Gasteiger partial charge in [0.1, 0.15) is 12.1 Å². The molecule has 14 nitrogen and oxygen atoms in total. The van der Waals surface area contributed by atoms with Crippen LogP contribution in [-0.2, 0) is 29.4 Å². The molecule has 0 aromatic heterocycles. The van der Waals surface area contributed by atoms with Crippen molar-refractivity contribution in [2.75, 3.05) is 40.8 Å². The Hall–Kier alpha value is -3.22. The van der Waals surface area contributed by atoms with Crippen LogP contribution in [0.4, 0.5) is 4.79 Å². The zero-order valence-electron chi connectivity index (χ0n) is 30.9. The Kier molecular flexibility index (Phi) is 15.6. The highest BCUT2D eigenvalue weighted by Gasteiger charge is 2.48. The van der Waals surface area contributed by atoms with E-state index in [0.717, 1.165) is 8.61 Å². The molecule has 0 spiro atoms. The first-order valence-electron chi connectivity index (χ1n) is 16.5. The molecule has 15 heteroatoms. The number of carbonyl (C=O) groups excluding carboxylic acids is 5. The summed E-state index contributed by atoms with van der Waals surface area (Å²) in [6.07, 6.45) is 6.13. The van der Waals surface area contributed by atoms with Crippen LogP contribution in [-0.4, -0.2) is 116 Å². The minimum absolute atomic E-state index is 0.00544. The smallest absolute Gasteiger partial charge is 0.315 e. The highest BCUT2D eigenvalue weighted by Crippen LogP contribution is 2.33. The van der Waals surface area contributed by atoms with Gasteiger partial charge in [0.2, 0.25) is 17.6 Å². The molecular formula is C33H59N7O7S. The fourth-order valence-corrected chi connectivity index (χ4v) is 6.46. The van der Waals surface area contributed by atoms with Crippen LogP contribution in [0.15, 0.2) is 0 Å². The van der Waals surface area contributed by atoms with Gasteiger partial charge in [0, 0.05) is 53.2 Å². The van der Waals surface area contributed by atoms with E-state index < -0.39 is 74.7 Å². The summed E-state index contributed by atoms with van der Waals surface area (Å²) in [5, 5.41) is 10.8. The van der Waals surface area contributed by atoms with Crippen LogP contribution in [0, 0.1) is 35.0 Å². The van der Waals surface area contributed by atoms with Crippen molar-refractivity contribution in [2.45, 2.75) is 106 Å². The van der Waals surface area contributed by atoms with Crippen LogP contribution in [0.2, 0.25) is 0 Å². The summed E-state index contributed by atoms with van der Waals surface area (Å²) in [5.74, 6) is -0.526. The van der Waals surface area contributed by atoms with E-state index in [0.29, 0.717) is 6.42 Å². The molecule has 4 N–H and O–H groups in total. The summed E-state index contributed by atoms with van der Waals surface area (Å²) < 4.78 is 27.6. The summed E-state index contributed by atoms with van der Waals surface area (Å²) in [4.78, 5) is 68.5. The summed E-state index contributed by atoms with van der Waals surface area (Å²) in [6, 6.07) is -4.50. The van der Waals surface area contributed by atoms with Crippen LogP contribution < -0.4 is 21.3 Å². The average molecular weight is 698 g/mol. The first-order chi connectivity index (χ1) is 21.9. The van der Waals surface area contributed by atoms with Gasteiger partial charge in [-0.3, -0.25) is 19.2 Å². The number of nitrogens with one attached hydrogen (secondary N) is 4. The molecule has 1 aliphatic heterocycles. The van der Waals surface area contributed by atoms with E-state index >= 15 is 0 Å². The zero-order chi connectivity index (χ0) is 37.4. The molecule has 1 fully saturated rings. The van der Waals surface area contributed by atoms with E-state index in [9.17, 15) is 32.4 Å². The molecule has 48 heavy (non-hydrogen) atoms. The summed E-state index contributed by atoms with van der Waals surface area (Å²) in [5.41, 5.74) is -1.35. The molecule has 0 aromatic rings. The van der Waals surface area contributed by atoms with Crippen LogP contribution in [0.25, 0.3) is 0 Å². The summed E-state index contributed by atoms with van der Waals surface area (Å²) in [7, 11) is 0.526. The van der Waals surface area contributed by atoms with E-state index in [1.807, 2.05) is 34.6 Å². The number of ketones is 1. The second-order valence-electron chi connectivity index (χ2n) is 15.1. The molecule has 0 bridgehead atoms. The molecule has 1 rings (SSSR count). The third-order valence-electron chi connectivity index (χ3n) is 8.66. The Morgan fingerprint density at radius 1 is 0.958 bits per heavy atom. The average Bonchev–Trinajstić information content (AvgIpc) is 3.41. The van der Waals surface area contributed by atoms with Crippen LogP contribution >= 0.6 is 0 Å². The number of amides is 5. The lowest BCUT2D eigenvalue weighted by Gasteiger charge is -2.38. The van der Waals surface area contributed by atoms with Gasteiger partial charge in [0.15, 0.2) is 0 Å². The molecule has 0 saturated carbocycles. The number of nitrogens with zero attached hydrogens (tertiary/aromatic N) is 3. The predicted octanol–water partition coefficient (Wildman–Crippen LogP) is 1.33. The molecule has 0 radical (unpaired) electrons. The van der Waals surface area contributed by atoms with E-state index in [-0.39, 0.29) is 44.3 Å². The van der Waals surface area contributed by atoms with E-state index in [4.69, 9.17) is 6.42 Å². The highest BCUT2D eigenvalue weighted by atomic mass is 32.2. The number of likely N-dealkylation sites (tertiary alicyclic amines) is 1. The molecule has 5 atom stereocenters. The van der Waals surface area contributed by atoms with Gasteiger partial charge in [-0.1, -0.05) is 55.4 Å². The number of hydrogen-bond donors (Lipinski definition) is 4. The highest BCUT2D eigenvalue weighted by molar-refractivity contribution is 7.86. The largest absolute Gasteiger partial charge is 0.350 e. The lowest BCUT2D eigenvalue weighted by Crippen LogP contribution is -2.62. The van der Waals surface area contributed by atoms with Gasteiger partial charge >= 0.3 is 6.03 Å². The molecular weight excluding hydrogens is 638 g/mol. The van der Waals surface area contributed by atoms with E-state index in [1.165, 1.54) is 26.0 Å². The third kappa shape index (κ3) is 11.4. The number of terminal acetylenes is 1. The van der Waals surface area contributed by atoms with Crippen molar-refractivity contribution in [3.8, 4) is 12.3 Å². The van der Waals surface area contributed by atoms with Gasteiger partial charge in [-0.15, -0.1) is 12.3 Å². The number of carbonyl (C=O) groups is 5. The van der Waals surface area contributed by atoms with Crippen molar-refractivity contribution >= 4 is 39.7 Å². The van der Waals surface area contributed by atoms with Gasteiger partial charge < -0.3 is 26.2 Å². The standard InChI is InChI=1S/C33H59N7O7S/c1-14-16-17-23(26(41)29(43)34-15-2)35-28(42)25-22(21(3)4)18-19-40(25)30(44)27(33(8,9)10)37-31(45)36-24(32(5,6)7)20-39(13)48(46,47)38(11)12/h1,21-25,27H,15-20H2,2-13H3,(H,34,43)(H,35,42)(H2,36,37,45)/t22-,23?,24-,25+,27-/m1/s1. The van der Waals surface area contributed by atoms with Crippen LogP contribution in [0.5, 0.6) is 0 Å². The molecule has 1 aliphatic rings. The minimum atomic E-state index is -3.75. The normalized spacial score (nSPS) is 19.0. The SMILES string of the molecule is C#CCCC(NC(=O)[C@@H]1[C@@H](C(C)C)CCN1C(=O)[C@@H](NC(=O)N[C@H](CN(C)S(=O)(=O)N(C)C)C(C)(C)C)C(C)(C)C)C(=O)C(=O)NCC. The maximum Gasteiger partial charge on any atom is 0.315 e. The first kappa shape index (κ1) is 42.8. The lowest BCUT2D eigenvalue weighted by atomic mass is 9.84. The van der Waals surface area contributed by atoms with Gasteiger partial charge in [-0.2, -0.15) is 17.0 Å². The minimum Gasteiger partial charge on any atom is -0.350 e. The van der Waals surface area contributed by atoms with Gasteiger partial charge in [0.05, 0.1) is 6.04 Å². The predicted molar refractivity (Wildman–Crippen MR) is 186 cm³/mol. The topological polar surface area (TPSA) is 177 Å².